The second-order valence-electron chi connectivity index (χ2n) is 4.26. The van der Waals surface area contributed by atoms with Crippen molar-refractivity contribution in [2.75, 3.05) is 24.6 Å². The molecular formula is C13H20N2O3. The molecule has 0 unspecified atom stereocenters. The van der Waals surface area contributed by atoms with Gasteiger partial charge in [0.15, 0.2) is 0 Å². The van der Waals surface area contributed by atoms with Crippen molar-refractivity contribution in [3.8, 4) is 0 Å². The van der Waals surface area contributed by atoms with E-state index in [1.165, 1.54) is 6.07 Å². The smallest absolute Gasteiger partial charge is 0.292 e. The fourth-order valence-corrected chi connectivity index (χ4v) is 2.01. The van der Waals surface area contributed by atoms with Crippen LogP contribution in [-0.2, 0) is 0 Å². The summed E-state index contributed by atoms with van der Waals surface area (Å²) >= 11 is 0. The van der Waals surface area contributed by atoms with Gasteiger partial charge in [-0.15, -0.1) is 0 Å². The molecule has 0 atom stereocenters. The lowest BCUT2D eigenvalue weighted by Crippen LogP contribution is -2.29. The zero-order valence-electron chi connectivity index (χ0n) is 10.9. The van der Waals surface area contributed by atoms with E-state index in [1.54, 1.807) is 6.07 Å². The van der Waals surface area contributed by atoms with Crippen molar-refractivity contribution in [3.63, 3.8) is 0 Å². The highest BCUT2D eigenvalue weighted by Crippen LogP contribution is 2.31. The normalized spacial score (nSPS) is 10.4. The Morgan fingerprint density at radius 1 is 1.39 bits per heavy atom. The van der Waals surface area contributed by atoms with Gasteiger partial charge in [0, 0.05) is 19.2 Å². The first kappa shape index (κ1) is 14.4. The molecule has 0 aromatic heterocycles. The number of nitro groups is 1. The zero-order valence-corrected chi connectivity index (χ0v) is 10.9. The molecule has 0 saturated carbocycles. The van der Waals surface area contributed by atoms with Gasteiger partial charge in [-0.25, -0.2) is 0 Å². The van der Waals surface area contributed by atoms with E-state index in [4.69, 9.17) is 5.11 Å². The zero-order chi connectivity index (χ0) is 13.5. The van der Waals surface area contributed by atoms with Crippen molar-refractivity contribution in [1.82, 2.24) is 0 Å². The van der Waals surface area contributed by atoms with Gasteiger partial charge in [-0.2, -0.15) is 0 Å². The van der Waals surface area contributed by atoms with Crippen LogP contribution in [0.5, 0.6) is 0 Å². The Kier molecular flexibility index (Phi) is 5.58. The minimum atomic E-state index is -0.362. The Morgan fingerprint density at radius 3 is 2.67 bits per heavy atom. The van der Waals surface area contributed by atoms with Crippen molar-refractivity contribution in [2.24, 2.45) is 0 Å². The van der Waals surface area contributed by atoms with E-state index >= 15 is 0 Å². The third-order valence-electron chi connectivity index (χ3n) is 2.88. The summed E-state index contributed by atoms with van der Waals surface area (Å²) in [4.78, 5) is 12.6. The molecule has 1 aromatic rings. The van der Waals surface area contributed by atoms with Crippen LogP contribution in [0.3, 0.4) is 0 Å². The number of hydrogen-bond donors (Lipinski definition) is 1. The van der Waals surface area contributed by atoms with E-state index in [0.29, 0.717) is 12.2 Å². The van der Waals surface area contributed by atoms with Crippen molar-refractivity contribution < 1.29 is 10.0 Å². The van der Waals surface area contributed by atoms with Crippen LogP contribution in [0.2, 0.25) is 0 Å². The molecule has 5 heteroatoms. The Hall–Kier alpha value is -1.62. The fraction of sp³-hybridized carbons (Fsp3) is 0.538. The molecule has 0 bridgehead atoms. The summed E-state index contributed by atoms with van der Waals surface area (Å²) in [6.45, 7) is 5.08. The number of nitro benzene ring substituents is 1. The molecule has 0 radical (unpaired) electrons. The molecule has 1 N–H and O–H groups in total. The number of aliphatic hydroxyl groups is 1. The highest BCUT2D eigenvalue weighted by molar-refractivity contribution is 5.67. The number of hydrogen-bond acceptors (Lipinski definition) is 4. The van der Waals surface area contributed by atoms with Crippen LogP contribution in [0.4, 0.5) is 11.4 Å². The lowest BCUT2D eigenvalue weighted by Gasteiger charge is -2.25. The molecular weight excluding hydrogens is 232 g/mol. The first-order chi connectivity index (χ1) is 8.61. The molecule has 1 rings (SSSR count). The van der Waals surface area contributed by atoms with Gasteiger partial charge in [0.2, 0.25) is 0 Å². The number of benzene rings is 1. The summed E-state index contributed by atoms with van der Waals surface area (Å²) in [5.74, 6) is 0. The molecule has 0 heterocycles. The number of aryl methyl sites for hydroxylation is 1. The highest BCUT2D eigenvalue weighted by atomic mass is 16.6. The summed E-state index contributed by atoms with van der Waals surface area (Å²) in [6.07, 6.45) is 1.97. The number of unbranched alkanes of at least 4 members (excludes halogenated alkanes) is 1. The third-order valence-corrected chi connectivity index (χ3v) is 2.88. The SMILES string of the molecule is CCCCN(CCO)c1c(C)cccc1[N+](=O)[O-]. The lowest BCUT2D eigenvalue weighted by molar-refractivity contribution is -0.384. The van der Waals surface area contributed by atoms with Crippen LogP contribution in [-0.4, -0.2) is 29.7 Å². The topological polar surface area (TPSA) is 66.6 Å². The molecule has 0 saturated heterocycles. The lowest BCUT2D eigenvalue weighted by atomic mass is 10.1. The van der Waals surface area contributed by atoms with Gasteiger partial charge in [0.05, 0.1) is 11.5 Å². The Labute approximate surface area is 107 Å². The number of anilines is 1. The summed E-state index contributed by atoms with van der Waals surface area (Å²) in [6, 6.07) is 5.06. The maximum Gasteiger partial charge on any atom is 0.292 e. The van der Waals surface area contributed by atoms with Crippen LogP contribution in [0.1, 0.15) is 25.3 Å². The quantitative estimate of drug-likeness (QED) is 0.598. The fourth-order valence-electron chi connectivity index (χ4n) is 2.01. The largest absolute Gasteiger partial charge is 0.395 e. The van der Waals surface area contributed by atoms with Crippen LogP contribution < -0.4 is 4.90 Å². The minimum absolute atomic E-state index is 0.00476. The van der Waals surface area contributed by atoms with Gasteiger partial charge in [0.25, 0.3) is 5.69 Å². The van der Waals surface area contributed by atoms with Gasteiger partial charge < -0.3 is 10.0 Å². The van der Waals surface area contributed by atoms with Crippen LogP contribution in [0.15, 0.2) is 18.2 Å². The molecule has 1 aromatic carbocycles. The predicted molar refractivity (Wildman–Crippen MR) is 72.0 cm³/mol. The third kappa shape index (κ3) is 3.43. The van der Waals surface area contributed by atoms with Gasteiger partial charge >= 0.3 is 0 Å². The van der Waals surface area contributed by atoms with Crippen molar-refractivity contribution in [3.05, 3.63) is 33.9 Å². The van der Waals surface area contributed by atoms with Crippen molar-refractivity contribution in [2.45, 2.75) is 26.7 Å². The molecule has 0 amide bonds. The first-order valence-corrected chi connectivity index (χ1v) is 6.21. The van der Waals surface area contributed by atoms with E-state index in [9.17, 15) is 10.1 Å². The van der Waals surface area contributed by atoms with Gasteiger partial charge in [-0.05, 0) is 18.9 Å². The second kappa shape index (κ2) is 6.96. The van der Waals surface area contributed by atoms with E-state index in [2.05, 4.69) is 6.92 Å². The Bertz CT molecular complexity index is 407. The average molecular weight is 252 g/mol. The monoisotopic (exact) mass is 252 g/mol. The molecule has 5 nitrogen and oxygen atoms in total. The maximum absolute atomic E-state index is 11.1. The number of para-hydroxylation sites is 1. The van der Waals surface area contributed by atoms with Crippen LogP contribution in [0, 0.1) is 17.0 Å². The van der Waals surface area contributed by atoms with E-state index in [1.807, 2.05) is 17.9 Å². The van der Waals surface area contributed by atoms with Crippen LogP contribution >= 0.6 is 0 Å². The molecule has 18 heavy (non-hydrogen) atoms. The summed E-state index contributed by atoms with van der Waals surface area (Å²) in [7, 11) is 0. The van der Waals surface area contributed by atoms with E-state index in [0.717, 1.165) is 24.9 Å². The van der Waals surface area contributed by atoms with Gasteiger partial charge in [-0.3, -0.25) is 10.1 Å². The number of rotatable bonds is 7. The summed E-state index contributed by atoms with van der Waals surface area (Å²) in [5, 5.41) is 20.2. The highest BCUT2D eigenvalue weighted by Gasteiger charge is 2.20. The van der Waals surface area contributed by atoms with Crippen molar-refractivity contribution >= 4 is 11.4 Å². The predicted octanol–water partition coefficient (Wildman–Crippen LogP) is 2.50. The van der Waals surface area contributed by atoms with E-state index < -0.39 is 0 Å². The number of aliphatic hydroxyl groups excluding tert-OH is 1. The standard InChI is InChI=1S/C13H20N2O3/c1-3-4-8-14(9-10-16)13-11(2)6-5-7-12(13)15(17)18/h5-7,16H,3-4,8-10H2,1-2H3. The van der Waals surface area contributed by atoms with Gasteiger partial charge in [0.1, 0.15) is 5.69 Å². The van der Waals surface area contributed by atoms with Crippen LogP contribution in [0.25, 0.3) is 0 Å². The summed E-state index contributed by atoms with van der Waals surface area (Å²) in [5.41, 5.74) is 1.61. The molecule has 0 aliphatic carbocycles. The molecule has 0 aliphatic heterocycles. The minimum Gasteiger partial charge on any atom is -0.395 e. The first-order valence-electron chi connectivity index (χ1n) is 6.21. The molecule has 100 valence electrons. The summed E-state index contributed by atoms with van der Waals surface area (Å²) < 4.78 is 0. The molecule has 0 fully saturated rings. The second-order valence-corrected chi connectivity index (χ2v) is 4.26. The maximum atomic E-state index is 11.1. The number of nitrogens with zero attached hydrogens (tertiary/aromatic N) is 2. The Balaban J connectivity index is 3.12. The molecule has 0 spiro atoms. The Morgan fingerprint density at radius 2 is 2.11 bits per heavy atom. The average Bonchev–Trinajstić information content (AvgIpc) is 2.34. The van der Waals surface area contributed by atoms with E-state index in [-0.39, 0.29) is 17.2 Å². The molecule has 0 aliphatic rings. The van der Waals surface area contributed by atoms with Gasteiger partial charge in [-0.1, -0.05) is 25.5 Å². The van der Waals surface area contributed by atoms with Crippen molar-refractivity contribution in [1.29, 1.82) is 0 Å².